The van der Waals surface area contributed by atoms with Gasteiger partial charge in [0.05, 0.1) is 12.1 Å². The fourth-order valence-electron chi connectivity index (χ4n) is 4.11. The molecule has 4 rings (SSSR count). The van der Waals surface area contributed by atoms with Crippen LogP contribution in [-0.4, -0.2) is 65.3 Å². The van der Waals surface area contributed by atoms with E-state index in [4.69, 9.17) is 0 Å². The topological polar surface area (TPSA) is 90.6 Å². The number of benzene rings is 2. The number of hydrogen-bond acceptors (Lipinski definition) is 4. The Balaban J connectivity index is 1.49. The maximum Gasteiger partial charge on any atom is 0.294 e. The van der Waals surface area contributed by atoms with Gasteiger partial charge in [-0.05, 0) is 48.7 Å². The van der Waals surface area contributed by atoms with E-state index in [1.807, 2.05) is 0 Å². The minimum Gasteiger partial charge on any atom is -0.360 e. The van der Waals surface area contributed by atoms with Gasteiger partial charge in [-0.15, -0.1) is 0 Å². The summed E-state index contributed by atoms with van der Waals surface area (Å²) in [6, 6.07) is 11.0. The first kappa shape index (κ1) is 22.4. The molecule has 1 saturated heterocycles. The molecule has 2 heterocycles. The van der Waals surface area contributed by atoms with Crippen LogP contribution in [0.1, 0.15) is 32.7 Å². The molecular formula is C25H24FN3O4. The zero-order valence-corrected chi connectivity index (χ0v) is 18.4. The van der Waals surface area contributed by atoms with E-state index in [-0.39, 0.29) is 35.5 Å². The summed E-state index contributed by atoms with van der Waals surface area (Å²) in [6.07, 6.45) is 2.50. The molecule has 1 aliphatic rings. The zero-order chi connectivity index (χ0) is 23.7. The molecule has 0 aliphatic carbocycles. The number of nitrogens with one attached hydrogen (secondary N) is 1. The maximum atomic E-state index is 13.1. The van der Waals surface area contributed by atoms with E-state index in [0.29, 0.717) is 35.9 Å². The Morgan fingerprint density at radius 2 is 1.85 bits per heavy atom. The minimum atomic E-state index is -0.660. The zero-order valence-electron chi connectivity index (χ0n) is 18.4. The first-order valence-corrected chi connectivity index (χ1v) is 10.7. The third kappa shape index (κ3) is 4.55. The number of piperidine rings is 1. The molecule has 7 nitrogen and oxygen atoms in total. The van der Waals surface area contributed by atoms with Gasteiger partial charge in [-0.2, -0.15) is 0 Å². The SMILES string of the molecule is CN(C)C(=O)C(=O)c1c[nH]c2ccc(C(=O)N3CCC(Cc4ccc(F)cc4)C(=O)C3)cc12. The average molecular weight is 449 g/mol. The Bertz CT molecular complexity index is 1250. The van der Waals surface area contributed by atoms with Crippen molar-refractivity contribution >= 4 is 34.3 Å². The monoisotopic (exact) mass is 449 g/mol. The number of carbonyl (C=O) groups is 4. The van der Waals surface area contributed by atoms with E-state index in [1.54, 1.807) is 30.3 Å². The van der Waals surface area contributed by atoms with E-state index in [9.17, 15) is 23.6 Å². The molecular weight excluding hydrogens is 425 g/mol. The molecule has 1 unspecified atom stereocenters. The summed E-state index contributed by atoms with van der Waals surface area (Å²) in [5, 5.41) is 0.485. The Morgan fingerprint density at radius 3 is 2.52 bits per heavy atom. The summed E-state index contributed by atoms with van der Waals surface area (Å²) >= 11 is 0. The number of H-pyrrole nitrogens is 1. The summed E-state index contributed by atoms with van der Waals surface area (Å²) in [6.45, 7) is 0.424. The number of aromatic nitrogens is 1. The Labute approximate surface area is 190 Å². The summed E-state index contributed by atoms with van der Waals surface area (Å²) < 4.78 is 13.1. The Morgan fingerprint density at radius 1 is 1.12 bits per heavy atom. The number of hydrogen-bond donors (Lipinski definition) is 1. The maximum absolute atomic E-state index is 13.1. The van der Waals surface area contributed by atoms with Crippen LogP contribution in [0.4, 0.5) is 4.39 Å². The third-order valence-electron chi connectivity index (χ3n) is 6.01. The molecule has 1 N–H and O–H groups in total. The van der Waals surface area contributed by atoms with Gasteiger partial charge in [0.1, 0.15) is 5.82 Å². The predicted molar refractivity (Wildman–Crippen MR) is 120 cm³/mol. The third-order valence-corrected chi connectivity index (χ3v) is 6.01. The summed E-state index contributed by atoms with van der Waals surface area (Å²) in [7, 11) is 3.00. The Kier molecular flexibility index (Phi) is 6.09. The number of aromatic amines is 1. The number of halogens is 1. The second-order valence-corrected chi connectivity index (χ2v) is 8.50. The number of rotatable bonds is 5. The number of likely N-dealkylation sites (N-methyl/N-ethyl adjacent to an activating group) is 1. The van der Waals surface area contributed by atoms with Crippen LogP contribution in [0.2, 0.25) is 0 Å². The molecule has 1 fully saturated rings. The molecule has 2 amide bonds. The van der Waals surface area contributed by atoms with Crippen LogP contribution in [0.15, 0.2) is 48.7 Å². The molecule has 8 heteroatoms. The van der Waals surface area contributed by atoms with Crippen LogP contribution in [0.3, 0.4) is 0 Å². The molecule has 2 aromatic carbocycles. The van der Waals surface area contributed by atoms with E-state index in [2.05, 4.69) is 4.98 Å². The molecule has 0 saturated carbocycles. The predicted octanol–water partition coefficient (Wildman–Crippen LogP) is 2.85. The molecule has 170 valence electrons. The first-order chi connectivity index (χ1) is 15.7. The Hall–Kier alpha value is -3.81. The van der Waals surface area contributed by atoms with Crippen molar-refractivity contribution in [3.63, 3.8) is 0 Å². The summed E-state index contributed by atoms with van der Waals surface area (Å²) in [5.74, 6) is -2.18. The van der Waals surface area contributed by atoms with Crippen LogP contribution in [0.25, 0.3) is 10.9 Å². The van der Waals surface area contributed by atoms with Crippen molar-refractivity contribution in [1.29, 1.82) is 0 Å². The number of nitrogens with zero attached hydrogens (tertiary/aromatic N) is 2. The van der Waals surface area contributed by atoms with Gasteiger partial charge in [-0.3, -0.25) is 19.2 Å². The number of carbonyl (C=O) groups excluding carboxylic acids is 4. The lowest BCUT2D eigenvalue weighted by atomic mass is 9.89. The van der Waals surface area contributed by atoms with E-state index >= 15 is 0 Å². The highest BCUT2D eigenvalue weighted by Crippen LogP contribution is 2.24. The fraction of sp³-hybridized carbons (Fsp3) is 0.280. The van der Waals surface area contributed by atoms with Crippen LogP contribution < -0.4 is 0 Å². The minimum absolute atomic E-state index is 0.000766. The lowest BCUT2D eigenvalue weighted by Gasteiger charge is -2.31. The van der Waals surface area contributed by atoms with Crippen molar-refractivity contribution in [3.8, 4) is 0 Å². The second kappa shape index (κ2) is 8.97. The lowest BCUT2D eigenvalue weighted by Crippen LogP contribution is -2.44. The van der Waals surface area contributed by atoms with Crippen molar-refractivity contribution in [3.05, 3.63) is 71.2 Å². The number of ketones is 2. The molecule has 33 heavy (non-hydrogen) atoms. The van der Waals surface area contributed by atoms with Crippen LogP contribution in [0.5, 0.6) is 0 Å². The normalized spacial score (nSPS) is 16.2. The van der Waals surface area contributed by atoms with Gasteiger partial charge < -0.3 is 14.8 Å². The van der Waals surface area contributed by atoms with Gasteiger partial charge in [-0.25, -0.2) is 4.39 Å². The first-order valence-electron chi connectivity index (χ1n) is 10.7. The van der Waals surface area contributed by atoms with Gasteiger partial charge in [0.2, 0.25) is 0 Å². The van der Waals surface area contributed by atoms with Crippen molar-refractivity contribution in [2.24, 2.45) is 5.92 Å². The standard InChI is InChI=1S/C25H24FN3O4/c1-28(2)25(33)23(31)20-13-27-21-8-5-17(12-19(20)21)24(32)29-10-9-16(22(30)14-29)11-15-3-6-18(26)7-4-15/h3-8,12-13,16,27H,9-11,14H2,1-2H3. The van der Waals surface area contributed by atoms with Gasteiger partial charge >= 0.3 is 0 Å². The molecule has 1 atom stereocenters. The largest absolute Gasteiger partial charge is 0.360 e. The summed E-state index contributed by atoms with van der Waals surface area (Å²) in [5.41, 5.74) is 2.07. The molecule has 0 bridgehead atoms. The highest BCUT2D eigenvalue weighted by molar-refractivity contribution is 6.44. The van der Waals surface area contributed by atoms with Crippen LogP contribution in [0, 0.1) is 11.7 Å². The highest BCUT2D eigenvalue weighted by atomic mass is 19.1. The molecule has 1 aromatic heterocycles. The highest BCUT2D eigenvalue weighted by Gasteiger charge is 2.30. The van der Waals surface area contributed by atoms with Crippen molar-refractivity contribution in [2.75, 3.05) is 27.2 Å². The van der Waals surface area contributed by atoms with Gasteiger partial charge in [0.25, 0.3) is 17.6 Å². The molecule has 3 aromatic rings. The van der Waals surface area contributed by atoms with Crippen molar-refractivity contribution in [2.45, 2.75) is 12.8 Å². The van der Waals surface area contributed by atoms with Gasteiger partial charge in [-0.1, -0.05) is 12.1 Å². The second-order valence-electron chi connectivity index (χ2n) is 8.50. The molecule has 0 spiro atoms. The van der Waals surface area contributed by atoms with E-state index < -0.39 is 11.7 Å². The van der Waals surface area contributed by atoms with Crippen molar-refractivity contribution in [1.82, 2.24) is 14.8 Å². The fourth-order valence-corrected chi connectivity index (χ4v) is 4.11. The van der Waals surface area contributed by atoms with Crippen molar-refractivity contribution < 1.29 is 23.6 Å². The molecule has 1 aliphatic heterocycles. The molecule has 0 radical (unpaired) electrons. The number of Topliss-reactive ketones (excluding diaryl/α,β-unsaturated/α-hetero) is 2. The quantitative estimate of drug-likeness (QED) is 0.479. The van der Waals surface area contributed by atoms with Gasteiger partial charge in [0, 0.05) is 49.2 Å². The van der Waals surface area contributed by atoms with Crippen LogP contribution in [-0.2, 0) is 16.0 Å². The lowest BCUT2D eigenvalue weighted by molar-refractivity contribution is -0.126. The number of fused-ring (bicyclic) bond motifs is 1. The number of amides is 2. The number of likely N-dealkylation sites (tertiary alicyclic amines) is 1. The average Bonchev–Trinajstić information content (AvgIpc) is 3.23. The van der Waals surface area contributed by atoms with Gasteiger partial charge in [0.15, 0.2) is 5.78 Å². The van der Waals surface area contributed by atoms with E-state index in [1.165, 1.54) is 42.2 Å². The smallest absolute Gasteiger partial charge is 0.294 e. The van der Waals surface area contributed by atoms with Crippen LogP contribution >= 0.6 is 0 Å². The summed E-state index contributed by atoms with van der Waals surface area (Å²) in [4.78, 5) is 56.1. The van der Waals surface area contributed by atoms with E-state index in [0.717, 1.165) is 5.56 Å².